The minimum Gasteiger partial charge on any atom is -0.497 e. The van der Waals surface area contributed by atoms with Gasteiger partial charge >= 0.3 is 17.9 Å². The normalized spacial score (nSPS) is 19.0. The Labute approximate surface area is 634 Å². The zero-order valence-corrected chi connectivity index (χ0v) is 67.9. The van der Waals surface area contributed by atoms with Gasteiger partial charge < -0.3 is 95.5 Å². The summed E-state index contributed by atoms with van der Waals surface area (Å²) in [6, 6.07) is 31.3. The number of carbonyl (C=O) groups is 3. The average Bonchev–Trinajstić information content (AvgIpc) is 1.80. The molecule has 0 amide bonds. The molecular formula is C82H114O23Si2. The topological polar surface area (TPSA) is 269 Å². The summed E-state index contributed by atoms with van der Waals surface area (Å²) in [6.07, 6.45) is 7.56. The molecule has 2 saturated heterocycles. The lowest BCUT2D eigenvalue weighted by Gasteiger charge is -2.40. The molecule has 107 heavy (non-hydrogen) atoms. The Kier molecular flexibility index (Phi) is 33.9. The second-order valence-corrected chi connectivity index (χ2v) is 40.0. The quantitative estimate of drug-likeness (QED) is 0.0143. The molecular weight excluding hydrogens is 1410 g/mol. The van der Waals surface area contributed by atoms with E-state index in [4.69, 9.17) is 80.2 Å². The molecule has 5 aromatic rings. The molecule has 0 bridgehead atoms. The first kappa shape index (κ1) is 88.2. The Morgan fingerprint density at radius 3 is 1.50 bits per heavy atom. The van der Waals surface area contributed by atoms with Crippen LogP contribution in [-0.4, -0.2) is 185 Å². The van der Waals surface area contributed by atoms with Gasteiger partial charge in [0.15, 0.2) is 33.5 Å². The van der Waals surface area contributed by atoms with Crippen molar-refractivity contribution in [3.8, 4) is 34.5 Å². The van der Waals surface area contributed by atoms with Gasteiger partial charge in [-0.25, -0.2) is 14.4 Å². The number of hydrogen-bond acceptors (Lipinski definition) is 22. The van der Waals surface area contributed by atoms with Crippen LogP contribution in [0.15, 0.2) is 140 Å². The van der Waals surface area contributed by atoms with Crippen LogP contribution >= 0.6 is 0 Å². The number of carboxylic acid groups (broad SMARTS) is 1. The number of aliphatic hydroxyl groups is 2. The Hall–Kier alpha value is -7.74. The molecule has 7 rings (SSSR count). The fourth-order valence-electron chi connectivity index (χ4n) is 11.3. The lowest BCUT2D eigenvalue weighted by atomic mass is 10.0. The number of ether oxygens (including phenoxy) is 16. The highest BCUT2D eigenvalue weighted by molar-refractivity contribution is 6.76. The maximum Gasteiger partial charge on any atom is 0.342 e. The Bertz CT molecular complexity index is 3710. The van der Waals surface area contributed by atoms with Crippen molar-refractivity contribution in [3.05, 3.63) is 179 Å². The summed E-state index contributed by atoms with van der Waals surface area (Å²) in [6.45, 7) is 29.1. The molecule has 5 aromatic carbocycles. The van der Waals surface area contributed by atoms with Gasteiger partial charge in [0.25, 0.3) is 0 Å². The zero-order valence-electron chi connectivity index (χ0n) is 65.9. The van der Waals surface area contributed by atoms with Crippen LogP contribution in [0.25, 0.3) is 12.2 Å². The van der Waals surface area contributed by atoms with Crippen molar-refractivity contribution in [2.75, 3.05) is 62.9 Å². The average molecular weight is 1520 g/mol. The number of benzene rings is 5. The summed E-state index contributed by atoms with van der Waals surface area (Å²) in [5.41, 5.74) is 3.35. The van der Waals surface area contributed by atoms with E-state index in [1.807, 2.05) is 99.7 Å². The van der Waals surface area contributed by atoms with Crippen LogP contribution < -0.4 is 28.4 Å². The highest BCUT2D eigenvalue weighted by Gasteiger charge is 2.47. The maximum absolute atomic E-state index is 13.8. The number of hydrogen-bond donors (Lipinski definition) is 3. The highest BCUT2D eigenvalue weighted by Crippen LogP contribution is 2.40. The number of aromatic carboxylic acids is 1. The van der Waals surface area contributed by atoms with E-state index < -0.39 is 101 Å². The second-order valence-electron chi connectivity index (χ2n) is 29.7. The Morgan fingerprint density at radius 2 is 1.04 bits per heavy atom. The molecule has 25 heteroatoms. The summed E-state index contributed by atoms with van der Waals surface area (Å²) in [5.74, 6) is -1.43. The predicted molar refractivity (Wildman–Crippen MR) is 414 cm³/mol. The van der Waals surface area contributed by atoms with Crippen LogP contribution in [0.4, 0.5) is 0 Å². The summed E-state index contributed by atoms with van der Waals surface area (Å²) >= 11 is 0. The van der Waals surface area contributed by atoms with Crippen LogP contribution in [-0.2, 0) is 65.0 Å². The van der Waals surface area contributed by atoms with Gasteiger partial charge in [-0.3, -0.25) is 0 Å². The number of methoxy groups -OCH3 is 6. The van der Waals surface area contributed by atoms with E-state index in [9.17, 15) is 29.7 Å². The second kappa shape index (κ2) is 41.2. The van der Waals surface area contributed by atoms with E-state index in [0.29, 0.717) is 54.2 Å². The van der Waals surface area contributed by atoms with Crippen LogP contribution in [0.1, 0.15) is 128 Å². The van der Waals surface area contributed by atoms with Gasteiger partial charge in [-0.15, -0.1) is 0 Å². The van der Waals surface area contributed by atoms with Gasteiger partial charge in [-0.2, -0.15) is 0 Å². The molecule has 2 unspecified atom stereocenters. The molecule has 2 fully saturated rings. The predicted octanol–water partition coefficient (Wildman–Crippen LogP) is 15.1. The molecule has 10 atom stereocenters. The van der Waals surface area contributed by atoms with Crippen molar-refractivity contribution < 1.29 is 110 Å². The van der Waals surface area contributed by atoms with E-state index in [1.54, 1.807) is 103 Å². The molecule has 588 valence electrons. The molecule has 0 saturated carbocycles. The van der Waals surface area contributed by atoms with Crippen molar-refractivity contribution in [1.29, 1.82) is 0 Å². The minimum atomic E-state index is -2.24. The minimum absolute atomic E-state index is 0.0429. The summed E-state index contributed by atoms with van der Waals surface area (Å²) < 4.78 is 99.6. The van der Waals surface area contributed by atoms with Gasteiger partial charge in [0.05, 0.1) is 78.2 Å². The molecule has 23 nitrogen and oxygen atoms in total. The van der Waals surface area contributed by atoms with E-state index in [0.717, 1.165) is 28.7 Å². The van der Waals surface area contributed by atoms with Crippen molar-refractivity contribution in [2.24, 2.45) is 0 Å². The van der Waals surface area contributed by atoms with E-state index in [1.165, 1.54) is 33.5 Å². The molecule has 2 aliphatic rings. The van der Waals surface area contributed by atoms with E-state index in [2.05, 4.69) is 53.5 Å². The largest absolute Gasteiger partial charge is 0.497 e. The first-order valence-corrected chi connectivity index (χ1v) is 42.4. The number of carbonyl (C=O) groups excluding carboxylic acids is 2. The van der Waals surface area contributed by atoms with Gasteiger partial charge in [-0.05, 0) is 155 Å². The third-order valence-corrected chi connectivity index (χ3v) is 24.2. The molecule has 0 aliphatic carbocycles. The molecule has 2 aliphatic heterocycles. The van der Waals surface area contributed by atoms with Crippen LogP contribution in [0.5, 0.6) is 34.5 Å². The standard InChI is InChI=1S/C50H72O12Si2.C32H42O11/c1-35(62-64(13,14)49(2,3)4)41(57-33-36-23-25-39(54-8)26-24-36)27-28-42(59-47(51)37-19-16-15-17-20-37)46-43(60-50(5,6)61-46)22-18-21-38-31-40(55-9)32-44(58-34-53-7)45(38)48(52)56-29-30-63(10,11)12;1-20(33)26(40-18-21-10-12-23(38-5)13-11-21)15-14-25(34)30-27(42-32(2,3)43-30)9-7-8-22-16-24(39-6)17-28(41-19-37-4)29(22)31(35)36/h15-21,23-28,31-32,35,41-43,46H,22,29-30,33-34H2,1-14H3;7-8,10-17,20,25-27,30,33-34H,9,18-19H2,1-6H3,(H,35,36)/b21-18+,28-27-;8-7+,15-14-/t35-,41+,42?,43-,46+;20-,25?,26+,27-,30+/m00/s1. The highest BCUT2D eigenvalue weighted by atomic mass is 28.4. The van der Waals surface area contributed by atoms with Gasteiger partial charge in [0.2, 0.25) is 0 Å². The number of esters is 2. The first-order valence-electron chi connectivity index (χ1n) is 35.8. The zero-order chi connectivity index (χ0) is 78.9. The Morgan fingerprint density at radius 1 is 0.570 bits per heavy atom. The fraction of sp³-hybridized carbons (Fsp3) is 0.500. The fourth-order valence-corrected chi connectivity index (χ4v) is 13.4. The van der Waals surface area contributed by atoms with Crippen molar-refractivity contribution in [1.82, 2.24) is 0 Å². The van der Waals surface area contributed by atoms with Gasteiger partial charge in [0.1, 0.15) is 82.2 Å². The van der Waals surface area contributed by atoms with E-state index in [-0.39, 0.29) is 54.0 Å². The molecule has 0 spiro atoms. The monoisotopic (exact) mass is 1520 g/mol. The maximum atomic E-state index is 13.8. The molecule has 0 radical (unpaired) electrons. The summed E-state index contributed by atoms with van der Waals surface area (Å²) in [7, 11) is 5.48. The summed E-state index contributed by atoms with van der Waals surface area (Å²) in [4.78, 5) is 39.6. The molecule has 2 heterocycles. The lowest BCUT2D eigenvalue weighted by molar-refractivity contribution is -0.153. The van der Waals surface area contributed by atoms with E-state index >= 15 is 0 Å². The van der Waals surface area contributed by atoms with Crippen molar-refractivity contribution in [3.63, 3.8) is 0 Å². The molecule has 0 aromatic heterocycles. The first-order chi connectivity index (χ1) is 50.5. The number of rotatable bonds is 39. The van der Waals surface area contributed by atoms with Crippen LogP contribution in [0, 0.1) is 0 Å². The lowest BCUT2D eigenvalue weighted by Crippen LogP contribution is -2.46. The van der Waals surface area contributed by atoms with Crippen LogP contribution in [0.2, 0.25) is 43.8 Å². The van der Waals surface area contributed by atoms with Crippen molar-refractivity contribution >= 4 is 46.5 Å². The smallest absolute Gasteiger partial charge is 0.342 e. The SMILES string of the molecule is COCOc1cc(OC)cc(/C=C/C[C@@H]2OC(C)(C)O[C@@H]2C(/C=C\[C@@H](OCc2ccc(OC)cc2)[C@H](C)O[Si](C)(C)C(C)(C)C)OC(=O)c2ccccc2)c1C(=O)OCC[Si](C)(C)C.COCOc1cc(OC)cc(/C=C/C[C@@H]2OC(C)(C)O[C@@H]2C(O)/C=C\[C@@H](OCc2ccc(OC)cc2)[C@H](C)O)c1C(=O)O. The van der Waals surface area contributed by atoms with Crippen LogP contribution in [0.3, 0.4) is 0 Å². The number of carboxylic acids is 1. The third-order valence-electron chi connectivity index (χ3n) is 18.0. The molecule has 3 N–H and O–H groups in total. The number of aliphatic hydroxyl groups excluding tert-OH is 2. The van der Waals surface area contributed by atoms with Gasteiger partial charge in [-0.1, -0.05) is 125 Å². The summed E-state index contributed by atoms with van der Waals surface area (Å²) in [5, 5.41) is 31.1. The third kappa shape index (κ3) is 27.7. The Balaban J connectivity index is 0.000000362. The van der Waals surface area contributed by atoms with Crippen molar-refractivity contribution in [2.45, 2.75) is 205 Å². The van der Waals surface area contributed by atoms with Gasteiger partial charge in [0, 0.05) is 34.4 Å².